The molecule has 0 amide bonds. The highest BCUT2D eigenvalue weighted by atomic mass is 79.9. The fourth-order valence-electron chi connectivity index (χ4n) is 2.97. The fourth-order valence-corrected chi connectivity index (χ4v) is 3.67. The van der Waals surface area contributed by atoms with E-state index in [9.17, 15) is 0 Å². The van der Waals surface area contributed by atoms with Crippen LogP contribution in [0, 0.1) is 0 Å². The molecule has 0 radical (unpaired) electrons. The summed E-state index contributed by atoms with van der Waals surface area (Å²) in [5, 5.41) is 6.00. The van der Waals surface area contributed by atoms with Gasteiger partial charge in [0.1, 0.15) is 22.6 Å². The molecular weight excluding hydrogens is 394 g/mol. The van der Waals surface area contributed by atoms with E-state index >= 15 is 0 Å². The molecule has 4 rings (SSSR count). The minimum atomic E-state index is 0.655. The lowest BCUT2D eigenvalue weighted by Crippen LogP contribution is -2.47. The van der Waals surface area contributed by atoms with Gasteiger partial charge in [-0.15, -0.1) is 0 Å². The maximum Gasteiger partial charge on any atom is 0.164 e. The van der Waals surface area contributed by atoms with Crippen LogP contribution in [0.15, 0.2) is 29.3 Å². The average molecular weight is 409 g/mol. The second-order valence-corrected chi connectivity index (χ2v) is 6.81. The molecule has 7 nitrogen and oxygen atoms in total. The Morgan fingerprint density at radius 1 is 1.04 bits per heavy atom. The van der Waals surface area contributed by atoms with Crippen LogP contribution < -0.4 is 9.80 Å². The Bertz CT molecular complexity index is 871. The molecule has 1 saturated heterocycles. The summed E-state index contributed by atoms with van der Waals surface area (Å²) in [6.07, 6.45) is 3.28. The van der Waals surface area contributed by atoms with Gasteiger partial charge in [0.25, 0.3) is 0 Å². The molecule has 1 aliphatic rings. The van der Waals surface area contributed by atoms with Crippen LogP contribution in [0.3, 0.4) is 0 Å². The van der Waals surface area contributed by atoms with Crippen LogP contribution in [0.1, 0.15) is 0 Å². The van der Waals surface area contributed by atoms with E-state index in [1.807, 2.05) is 19.2 Å². The molecule has 0 aliphatic carbocycles. The van der Waals surface area contributed by atoms with Crippen molar-refractivity contribution in [2.45, 2.75) is 0 Å². The van der Waals surface area contributed by atoms with E-state index in [-0.39, 0.29) is 0 Å². The SMILES string of the molecule is Cn1nc(Br)c2c(N3CCN(c4ccc(Cl)cn4)CC3)ncnc21. The molecule has 0 unspecified atom stereocenters. The monoisotopic (exact) mass is 407 g/mol. The first-order chi connectivity index (χ1) is 11.6. The lowest BCUT2D eigenvalue weighted by molar-refractivity contribution is 0.643. The Balaban J connectivity index is 1.57. The third-order valence-electron chi connectivity index (χ3n) is 4.17. The molecule has 3 aromatic rings. The van der Waals surface area contributed by atoms with E-state index in [2.05, 4.69) is 45.8 Å². The number of halogens is 2. The van der Waals surface area contributed by atoms with Crippen molar-refractivity contribution in [2.75, 3.05) is 36.0 Å². The maximum absolute atomic E-state index is 5.91. The number of aryl methyl sites for hydroxylation is 1. The summed E-state index contributed by atoms with van der Waals surface area (Å²) >= 11 is 9.43. The van der Waals surface area contributed by atoms with E-state index in [0.29, 0.717) is 5.02 Å². The predicted molar refractivity (Wildman–Crippen MR) is 97.7 cm³/mol. The summed E-state index contributed by atoms with van der Waals surface area (Å²) in [4.78, 5) is 17.7. The Hall–Kier alpha value is -1.93. The number of pyridine rings is 1. The molecule has 3 aromatic heterocycles. The molecule has 0 aromatic carbocycles. The van der Waals surface area contributed by atoms with Crippen LogP contribution in [-0.2, 0) is 7.05 Å². The Morgan fingerprint density at radius 3 is 2.50 bits per heavy atom. The Kier molecular flexibility index (Phi) is 4.01. The Morgan fingerprint density at radius 2 is 1.79 bits per heavy atom. The van der Waals surface area contributed by atoms with Crippen molar-refractivity contribution in [3.8, 4) is 0 Å². The van der Waals surface area contributed by atoms with Crippen LogP contribution in [0.2, 0.25) is 5.02 Å². The highest BCUT2D eigenvalue weighted by molar-refractivity contribution is 9.10. The Labute approximate surface area is 152 Å². The van der Waals surface area contributed by atoms with Gasteiger partial charge in [0.15, 0.2) is 5.65 Å². The highest BCUT2D eigenvalue weighted by Crippen LogP contribution is 2.30. The van der Waals surface area contributed by atoms with Gasteiger partial charge in [-0.05, 0) is 28.1 Å². The van der Waals surface area contributed by atoms with Crippen molar-refractivity contribution < 1.29 is 0 Å². The zero-order valence-corrected chi connectivity index (χ0v) is 15.4. The van der Waals surface area contributed by atoms with Crippen molar-refractivity contribution in [1.82, 2.24) is 24.7 Å². The molecule has 1 aliphatic heterocycles. The predicted octanol–water partition coefficient (Wildman–Crippen LogP) is 2.50. The minimum Gasteiger partial charge on any atom is -0.353 e. The van der Waals surface area contributed by atoms with Crippen molar-refractivity contribution in [2.24, 2.45) is 7.05 Å². The molecule has 124 valence electrons. The number of rotatable bonds is 2. The van der Waals surface area contributed by atoms with E-state index < -0.39 is 0 Å². The first-order valence-electron chi connectivity index (χ1n) is 7.58. The summed E-state index contributed by atoms with van der Waals surface area (Å²) in [5.74, 6) is 1.87. The van der Waals surface area contributed by atoms with E-state index in [1.165, 1.54) is 0 Å². The number of aromatic nitrogens is 5. The molecular formula is C15H15BrClN7. The van der Waals surface area contributed by atoms with Gasteiger partial charge < -0.3 is 9.80 Å². The van der Waals surface area contributed by atoms with Crippen LogP contribution in [0.25, 0.3) is 11.0 Å². The minimum absolute atomic E-state index is 0.655. The molecule has 24 heavy (non-hydrogen) atoms. The molecule has 0 N–H and O–H groups in total. The largest absolute Gasteiger partial charge is 0.353 e. The summed E-state index contributed by atoms with van der Waals surface area (Å²) in [6, 6.07) is 3.83. The van der Waals surface area contributed by atoms with Gasteiger partial charge >= 0.3 is 0 Å². The number of hydrogen-bond donors (Lipinski definition) is 0. The molecule has 0 spiro atoms. The standard InChI is InChI=1S/C15H15BrClN7/c1-22-14-12(13(16)21-22)15(20-9-19-14)24-6-4-23(5-7-24)11-3-2-10(17)8-18-11/h2-3,8-9H,4-7H2,1H3. The number of anilines is 2. The third kappa shape index (κ3) is 2.69. The zero-order valence-electron chi connectivity index (χ0n) is 13.0. The number of fused-ring (bicyclic) bond motifs is 1. The number of hydrogen-bond acceptors (Lipinski definition) is 6. The molecule has 0 bridgehead atoms. The second kappa shape index (κ2) is 6.18. The highest BCUT2D eigenvalue weighted by Gasteiger charge is 2.23. The molecule has 0 atom stereocenters. The summed E-state index contributed by atoms with van der Waals surface area (Å²) in [5.41, 5.74) is 0.827. The fraction of sp³-hybridized carbons (Fsp3) is 0.333. The number of piperazine rings is 1. The summed E-state index contributed by atoms with van der Waals surface area (Å²) < 4.78 is 2.54. The average Bonchev–Trinajstić information content (AvgIpc) is 2.90. The van der Waals surface area contributed by atoms with Gasteiger partial charge in [0.2, 0.25) is 0 Å². The van der Waals surface area contributed by atoms with Crippen LogP contribution >= 0.6 is 27.5 Å². The topological polar surface area (TPSA) is 63.0 Å². The van der Waals surface area contributed by atoms with Crippen molar-refractivity contribution in [1.29, 1.82) is 0 Å². The van der Waals surface area contributed by atoms with Gasteiger partial charge in [-0.1, -0.05) is 11.6 Å². The lowest BCUT2D eigenvalue weighted by Gasteiger charge is -2.36. The van der Waals surface area contributed by atoms with E-state index in [4.69, 9.17) is 11.6 Å². The normalized spacial score (nSPS) is 15.3. The summed E-state index contributed by atoms with van der Waals surface area (Å²) in [6.45, 7) is 3.46. The van der Waals surface area contributed by atoms with Crippen LogP contribution in [-0.4, -0.2) is 50.9 Å². The van der Waals surface area contributed by atoms with Crippen molar-refractivity contribution >= 4 is 50.2 Å². The quantitative estimate of drug-likeness (QED) is 0.649. The zero-order chi connectivity index (χ0) is 16.7. The number of nitrogens with zero attached hydrogens (tertiary/aromatic N) is 7. The van der Waals surface area contributed by atoms with Gasteiger partial charge in [-0.2, -0.15) is 5.10 Å². The van der Waals surface area contributed by atoms with Crippen LogP contribution in [0.4, 0.5) is 11.6 Å². The van der Waals surface area contributed by atoms with E-state index in [1.54, 1.807) is 17.2 Å². The van der Waals surface area contributed by atoms with Gasteiger partial charge in [-0.3, -0.25) is 0 Å². The molecule has 4 heterocycles. The third-order valence-corrected chi connectivity index (χ3v) is 4.95. The second-order valence-electron chi connectivity index (χ2n) is 5.62. The van der Waals surface area contributed by atoms with Crippen LogP contribution in [0.5, 0.6) is 0 Å². The molecule has 9 heteroatoms. The van der Waals surface area contributed by atoms with Crippen molar-refractivity contribution in [3.05, 3.63) is 34.3 Å². The van der Waals surface area contributed by atoms with E-state index in [0.717, 1.165) is 53.5 Å². The van der Waals surface area contributed by atoms with Crippen molar-refractivity contribution in [3.63, 3.8) is 0 Å². The summed E-state index contributed by atoms with van der Waals surface area (Å²) in [7, 11) is 1.88. The smallest absolute Gasteiger partial charge is 0.164 e. The lowest BCUT2D eigenvalue weighted by atomic mass is 10.2. The first kappa shape index (κ1) is 15.6. The van der Waals surface area contributed by atoms with Gasteiger partial charge in [0, 0.05) is 39.4 Å². The maximum atomic E-state index is 5.91. The molecule has 0 saturated carbocycles. The first-order valence-corrected chi connectivity index (χ1v) is 8.75. The molecule has 1 fully saturated rings. The van der Waals surface area contributed by atoms with Gasteiger partial charge in [-0.25, -0.2) is 19.6 Å². The van der Waals surface area contributed by atoms with Gasteiger partial charge in [0.05, 0.1) is 10.4 Å².